The van der Waals surface area contributed by atoms with Crippen molar-refractivity contribution in [3.8, 4) is 0 Å². The molecule has 3 aromatic carbocycles. The molecule has 3 N–H and O–H groups in total. The quantitative estimate of drug-likeness (QED) is 0.428. The third kappa shape index (κ3) is 2.30. The Labute approximate surface area is 132 Å². The second-order valence-corrected chi connectivity index (χ2v) is 5.36. The van der Waals surface area contributed by atoms with Gasteiger partial charge < -0.3 is 15.5 Å². The number of nitrogen functional groups attached to an aromatic ring is 1. The molecule has 4 aromatic rings. The lowest BCUT2D eigenvalue weighted by molar-refractivity contribution is 0.660. The highest BCUT2D eigenvalue weighted by atomic mass is 16.3. The molecule has 0 amide bonds. The van der Waals surface area contributed by atoms with Crippen molar-refractivity contribution in [2.75, 3.05) is 11.1 Å². The van der Waals surface area contributed by atoms with Gasteiger partial charge in [0.15, 0.2) is 0 Å². The summed E-state index contributed by atoms with van der Waals surface area (Å²) in [5, 5.41) is 4.36. The smallest absolute Gasteiger partial charge is 0.202 e. The SMILES string of the molecule is Nc1cccc(Nc2cccc3oc4ccccc4c(=O)c23)c1. The molecule has 4 heteroatoms. The zero-order valence-electron chi connectivity index (χ0n) is 12.2. The minimum Gasteiger partial charge on any atom is -0.456 e. The molecule has 0 atom stereocenters. The number of nitrogens with one attached hydrogen (secondary N) is 1. The Morgan fingerprint density at radius 1 is 0.870 bits per heavy atom. The first kappa shape index (κ1) is 13.4. The first-order valence-corrected chi connectivity index (χ1v) is 7.29. The number of hydrogen-bond donors (Lipinski definition) is 2. The van der Waals surface area contributed by atoms with Crippen LogP contribution in [0, 0.1) is 0 Å². The average Bonchev–Trinajstić information content (AvgIpc) is 2.55. The molecule has 0 aliphatic carbocycles. The largest absolute Gasteiger partial charge is 0.456 e. The number of fused-ring (bicyclic) bond motifs is 2. The minimum absolute atomic E-state index is 0.0474. The Morgan fingerprint density at radius 3 is 2.52 bits per heavy atom. The third-order valence-electron chi connectivity index (χ3n) is 3.77. The normalized spacial score (nSPS) is 11.0. The predicted molar refractivity (Wildman–Crippen MR) is 94.1 cm³/mol. The molecular formula is C19H14N2O2. The average molecular weight is 302 g/mol. The molecule has 0 spiro atoms. The second-order valence-electron chi connectivity index (χ2n) is 5.36. The predicted octanol–water partition coefficient (Wildman–Crippen LogP) is 4.27. The number of rotatable bonds is 2. The number of benzene rings is 3. The van der Waals surface area contributed by atoms with Gasteiger partial charge in [0.05, 0.1) is 16.5 Å². The van der Waals surface area contributed by atoms with Gasteiger partial charge in [-0.3, -0.25) is 4.79 Å². The van der Waals surface area contributed by atoms with Crippen molar-refractivity contribution in [2.24, 2.45) is 0 Å². The van der Waals surface area contributed by atoms with E-state index in [4.69, 9.17) is 10.2 Å². The van der Waals surface area contributed by atoms with Crippen LogP contribution >= 0.6 is 0 Å². The number of hydrogen-bond acceptors (Lipinski definition) is 4. The van der Waals surface area contributed by atoms with Gasteiger partial charge in [-0.2, -0.15) is 0 Å². The highest BCUT2D eigenvalue weighted by Gasteiger charge is 2.11. The maximum atomic E-state index is 12.8. The van der Waals surface area contributed by atoms with Crippen molar-refractivity contribution in [1.82, 2.24) is 0 Å². The Morgan fingerprint density at radius 2 is 1.65 bits per heavy atom. The molecule has 0 saturated carbocycles. The van der Waals surface area contributed by atoms with Crippen LogP contribution in [-0.4, -0.2) is 0 Å². The van der Waals surface area contributed by atoms with E-state index in [1.807, 2.05) is 48.5 Å². The first-order chi connectivity index (χ1) is 11.2. The molecule has 0 fully saturated rings. The van der Waals surface area contributed by atoms with Crippen LogP contribution in [0.4, 0.5) is 17.1 Å². The number of anilines is 3. The molecule has 4 nitrogen and oxygen atoms in total. The van der Waals surface area contributed by atoms with Crippen molar-refractivity contribution in [3.63, 3.8) is 0 Å². The van der Waals surface area contributed by atoms with Crippen LogP contribution in [0.1, 0.15) is 0 Å². The fourth-order valence-electron chi connectivity index (χ4n) is 2.72. The summed E-state index contributed by atoms with van der Waals surface area (Å²) < 4.78 is 5.86. The Hall–Kier alpha value is -3.27. The molecular weight excluding hydrogens is 288 g/mol. The van der Waals surface area contributed by atoms with Crippen LogP contribution < -0.4 is 16.5 Å². The second kappa shape index (κ2) is 5.18. The van der Waals surface area contributed by atoms with E-state index >= 15 is 0 Å². The van der Waals surface area contributed by atoms with Crippen molar-refractivity contribution in [3.05, 3.63) is 77.0 Å². The molecule has 23 heavy (non-hydrogen) atoms. The Kier molecular flexibility index (Phi) is 3.01. The van der Waals surface area contributed by atoms with E-state index in [0.29, 0.717) is 33.3 Å². The summed E-state index contributed by atoms with van der Waals surface area (Å²) in [6.07, 6.45) is 0. The van der Waals surface area contributed by atoms with E-state index in [9.17, 15) is 4.79 Å². The lowest BCUT2D eigenvalue weighted by atomic mass is 10.1. The van der Waals surface area contributed by atoms with Gasteiger partial charge in [-0.25, -0.2) is 0 Å². The highest BCUT2D eigenvalue weighted by Crippen LogP contribution is 2.27. The summed E-state index contributed by atoms with van der Waals surface area (Å²) in [6.45, 7) is 0. The van der Waals surface area contributed by atoms with Gasteiger partial charge in [-0.15, -0.1) is 0 Å². The summed E-state index contributed by atoms with van der Waals surface area (Å²) in [7, 11) is 0. The monoisotopic (exact) mass is 302 g/mol. The van der Waals surface area contributed by atoms with E-state index < -0.39 is 0 Å². The Bertz CT molecular complexity index is 1080. The third-order valence-corrected chi connectivity index (χ3v) is 3.77. The van der Waals surface area contributed by atoms with E-state index in [0.717, 1.165) is 5.69 Å². The fraction of sp³-hybridized carbons (Fsp3) is 0. The van der Waals surface area contributed by atoms with Gasteiger partial charge in [0.2, 0.25) is 5.43 Å². The summed E-state index contributed by atoms with van der Waals surface area (Å²) in [6, 6.07) is 20.2. The molecule has 4 rings (SSSR count). The fourth-order valence-corrected chi connectivity index (χ4v) is 2.72. The molecule has 0 aliphatic heterocycles. The zero-order chi connectivity index (χ0) is 15.8. The van der Waals surface area contributed by atoms with Gasteiger partial charge in [0, 0.05) is 11.4 Å². The van der Waals surface area contributed by atoms with Crippen LogP contribution in [-0.2, 0) is 0 Å². The summed E-state index contributed by atoms with van der Waals surface area (Å²) in [5.74, 6) is 0. The van der Waals surface area contributed by atoms with Crippen molar-refractivity contribution in [2.45, 2.75) is 0 Å². The Balaban J connectivity index is 1.97. The van der Waals surface area contributed by atoms with E-state index in [1.54, 1.807) is 18.2 Å². The van der Waals surface area contributed by atoms with Crippen molar-refractivity contribution >= 4 is 39.0 Å². The molecule has 0 bridgehead atoms. The molecule has 112 valence electrons. The lowest BCUT2D eigenvalue weighted by Gasteiger charge is -2.10. The summed E-state index contributed by atoms with van der Waals surface area (Å²) in [4.78, 5) is 12.8. The van der Waals surface area contributed by atoms with Crippen molar-refractivity contribution in [1.29, 1.82) is 0 Å². The van der Waals surface area contributed by atoms with E-state index in [1.165, 1.54) is 0 Å². The maximum absolute atomic E-state index is 12.8. The summed E-state index contributed by atoms with van der Waals surface area (Å²) in [5.41, 5.74) is 9.09. The zero-order valence-corrected chi connectivity index (χ0v) is 12.2. The topological polar surface area (TPSA) is 68.3 Å². The highest BCUT2D eigenvalue weighted by molar-refractivity contribution is 5.98. The molecule has 0 unspecified atom stereocenters. The number of nitrogens with two attached hydrogens (primary N) is 1. The van der Waals surface area contributed by atoms with Crippen LogP contribution in [0.3, 0.4) is 0 Å². The van der Waals surface area contributed by atoms with E-state index in [-0.39, 0.29) is 5.43 Å². The van der Waals surface area contributed by atoms with Crippen LogP contribution in [0.5, 0.6) is 0 Å². The molecule has 0 radical (unpaired) electrons. The van der Waals surface area contributed by atoms with Gasteiger partial charge in [-0.05, 0) is 42.5 Å². The van der Waals surface area contributed by atoms with Gasteiger partial charge >= 0.3 is 0 Å². The first-order valence-electron chi connectivity index (χ1n) is 7.29. The van der Waals surface area contributed by atoms with Crippen LogP contribution in [0.25, 0.3) is 21.9 Å². The van der Waals surface area contributed by atoms with Gasteiger partial charge in [-0.1, -0.05) is 24.3 Å². The lowest BCUT2D eigenvalue weighted by Crippen LogP contribution is -2.05. The maximum Gasteiger partial charge on any atom is 0.202 e. The van der Waals surface area contributed by atoms with E-state index in [2.05, 4.69) is 5.32 Å². The molecule has 1 heterocycles. The van der Waals surface area contributed by atoms with Crippen LogP contribution in [0.15, 0.2) is 75.9 Å². The van der Waals surface area contributed by atoms with Crippen LogP contribution in [0.2, 0.25) is 0 Å². The summed E-state index contributed by atoms with van der Waals surface area (Å²) >= 11 is 0. The van der Waals surface area contributed by atoms with Crippen molar-refractivity contribution < 1.29 is 4.42 Å². The molecule has 1 aromatic heterocycles. The molecule has 0 saturated heterocycles. The number of para-hydroxylation sites is 1. The molecule has 0 aliphatic rings. The van der Waals surface area contributed by atoms with Gasteiger partial charge in [0.1, 0.15) is 11.2 Å². The minimum atomic E-state index is -0.0474. The van der Waals surface area contributed by atoms with Gasteiger partial charge in [0.25, 0.3) is 0 Å². The standard InChI is InChI=1S/C19H14N2O2/c20-12-5-3-6-13(11-12)21-15-8-4-10-17-18(15)19(22)14-7-1-2-9-16(14)23-17/h1-11,21H,20H2.